The number of aromatic nitrogens is 1. The SMILES string of the molecule is [2H]c1c([2H])c([2H])c(-c2ccc(N(c3ccc(-c4ccc5c6ccc7ccccc7c6n(-c6ccccc6)c5c4)cc3)c3ccc4ccccc4c3)cc2)c([2H])c1[2H]. The van der Waals surface area contributed by atoms with Crippen LogP contribution in [0.15, 0.2) is 206 Å². The van der Waals surface area contributed by atoms with Crippen LogP contribution >= 0.6 is 0 Å². The molecule has 0 atom stereocenters. The Kier molecular flexibility index (Phi) is 6.01. The molecule has 1 heterocycles. The van der Waals surface area contributed by atoms with Crippen molar-refractivity contribution in [1.82, 2.24) is 4.57 Å². The molecule has 0 saturated carbocycles. The van der Waals surface area contributed by atoms with Gasteiger partial charge in [0.2, 0.25) is 0 Å². The van der Waals surface area contributed by atoms with E-state index >= 15 is 0 Å². The molecule has 1 aromatic heterocycles. The largest absolute Gasteiger partial charge is 0.310 e. The second-order valence-corrected chi connectivity index (χ2v) is 13.0. The van der Waals surface area contributed by atoms with Gasteiger partial charge in [0.1, 0.15) is 0 Å². The van der Waals surface area contributed by atoms with E-state index in [-0.39, 0.29) is 29.7 Å². The first-order valence-electron chi connectivity index (χ1n) is 19.9. The number of fused-ring (bicyclic) bond motifs is 6. The Morgan fingerprint density at radius 1 is 0.385 bits per heavy atom. The van der Waals surface area contributed by atoms with Gasteiger partial charge in [0.15, 0.2) is 0 Å². The molecule has 10 rings (SSSR count). The van der Waals surface area contributed by atoms with Gasteiger partial charge in [0.25, 0.3) is 0 Å². The minimum Gasteiger partial charge on any atom is -0.310 e. The third kappa shape index (κ3) is 5.12. The fraction of sp³-hybridized carbons (Fsp3) is 0. The van der Waals surface area contributed by atoms with Crippen molar-refractivity contribution < 1.29 is 6.85 Å². The van der Waals surface area contributed by atoms with Crippen LogP contribution in [0.3, 0.4) is 0 Å². The average Bonchev–Trinajstić information content (AvgIpc) is 3.60. The van der Waals surface area contributed by atoms with Crippen LogP contribution < -0.4 is 4.90 Å². The van der Waals surface area contributed by atoms with Crippen LogP contribution in [0.5, 0.6) is 0 Å². The van der Waals surface area contributed by atoms with E-state index in [1.54, 1.807) is 0 Å². The predicted molar refractivity (Wildman–Crippen MR) is 221 cm³/mol. The van der Waals surface area contributed by atoms with Crippen molar-refractivity contribution in [3.05, 3.63) is 206 Å². The van der Waals surface area contributed by atoms with Gasteiger partial charge in [-0.05, 0) is 93.0 Å². The van der Waals surface area contributed by atoms with Crippen LogP contribution in [-0.2, 0) is 0 Å². The molecule has 0 aliphatic rings. The van der Waals surface area contributed by atoms with E-state index in [0.717, 1.165) is 50.2 Å². The Morgan fingerprint density at radius 3 is 1.71 bits per heavy atom. The molecule has 0 aliphatic carbocycles. The van der Waals surface area contributed by atoms with E-state index in [1.807, 2.05) is 36.4 Å². The lowest BCUT2D eigenvalue weighted by Gasteiger charge is -2.26. The average molecular weight is 668 g/mol. The summed E-state index contributed by atoms with van der Waals surface area (Å²) in [5, 5.41) is 7.11. The normalized spacial score (nSPS) is 12.8. The highest BCUT2D eigenvalue weighted by molar-refractivity contribution is 6.19. The summed E-state index contributed by atoms with van der Waals surface area (Å²) in [5.74, 6) is 0. The number of benzene rings is 9. The maximum Gasteiger partial charge on any atom is 0.0629 e. The maximum absolute atomic E-state index is 8.52. The van der Waals surface area contributed by atoms with Crippen molar-refractivity contribution >= 4 is 60.4 Å². The van der Waals surface area contributed by atoms with E-state index in [2.05, 4.69) is 149 Å². The minimum atomic E-state index is -0.400. The van der Waals surface area contributed by atoms with Crippen LogP contribution in [0.4, 0.5) is 17.1 Å². The first-order chi connectivity index (χ1) is 27.9. The zero-order valence-electron chi connectivity index (χ0n) is 33.1. The van der Waals surface area contributed by atoms with Gasteiger partial charge < -0.3 is 9.47 Å². The second-order valence-electron chi connectivity index (χ2n) is 13.0. The lowest BCUT2D eigenvalue weighted by Crippen LogP contribution is -2.09. The van der Waals surface area contributed by atoms with Crippen molar-refractivity contribution in [2.24, 2.45) is 0 Å². The van der Waals surface area contributed by atoms with Gasteiger partial charge in [-0.3, -0.25) is 0 Å². The molecule has 0 N–H and O–H groups in total. The van der Waals surface area contributed by atoms with E-state index in [1.165, 1.54) is 27.1 Å². The van der Waals surface area contributed by atoms with Crippen LogP contribution in [0.25, 0.3) is 71.3 Å². The van der Waals surface area contributed by atoms with Crippen molar-refractivity contribution in [3.8, 4) is 27.9 Å². The van der Waals surface area contributed by atoms with E-state index < -0.39 is 6.04 Å². The molecule has 0 bridgehead atoms. The molecule has 2 heteroatoms. The molecule has 2 nitrogen and oxygen atoms in total. The monoisotopic (exact) mass is 667 g/mol. The summed E-state index contributed by atoms with van der Waals surface area (Å²) in [6.07, 6.45) is 0. The van der Waals surface area contributed by atoms with Gasteiger partial charge in [-0.1, -0.05) is 152 Å². The zero-order chi connectivity index (χ0) is 38.8. The van der Waals surface area contributed by atoms with Gasteiger partial charge >= 0.3 is 0 Å². The molecule has 244 valence electrons. The zero-order valence-corrected chi connectivity index (χ0v) is 28.1. The first-order valence-corrected chi connectivity index (χ1v) is 17.4. The fourth-order valence-electron chi connectivity index (χ4n) is 7.54. The Hall–Kier alpha value is -6.90. The molecular weight excluding hydrogens is 629 g/mol. The summed E-state index contributed by atoms with van der Waals surface area (Å²) in [6.45, 7) is 0. The molecule has 52 heavy (non-hydrogen) atoms. The summed E-state index contributed by atoms with van der Waals surface area (Å²) >= 11 is 0. The van der Waals surface area contributed by atoms with Gasteiger partial charge in [-0.25, -0.2) is 0 Å². The van der Waals surface area contributed by atoms with E-state index in [0.29, 0.717) is 5.56 Å². The smallest absolute Gasteiger partial charge is 0.0629 e. The number of hydrogen-bond donors (Lipinski definition) is 0. The van der Waals surface area contributed by atoms with Gasteiger partial charge in [0, 0.05) is 38.9 Å². The number of anilines is 3. The highest BCUT2D eigenvalue weighted by Gasteiger charge is 2.17. The Bertz CT molecular complexity index is 3140. The summed E-state index contributed by atoms with van der Waals surface area (Å²) < 4.78 is 43.9. The number of rotatable bonds is 6. The maximum atomic E-state index is 8.52. The second kappa shape index (κ2) is 12.5. The fourth-order valence-corrected chi connectivity index (χ4v) is 7.54. The highest BCUT2D eigenvalue weighted by Crippen LogP contribution is 2.40. The minimum absolute atomic E-state index is 0.186. The third-order valence-electron chi connectivity index (χ3n) is 10.0. The predicted octanol–water partition coefficient (Wildman–Crippen LogP) is 13.9. The topological polar surface area (TPSA) is 8.17 Å². The van der Waals surface area contributed by atoms with Gasteiger partial charge in [-0.15, -0.1) is 0 Å². The van der Waals surface area contributed by atoms with E-state index in [4.69, 9.17) is 6.85 Å². The van der Waals surface area contributed by atoms with Crippen LogP contribution in [-0.4, -0.2) is 4.57 Å². The summed E-state index contributed by atoms with van der Waals surface area (Å²) in [4.78, 5) is 2.18. The van der Waals surface area contributed by atoms with Gasteiger partial charge in [0.05, 0.1) is 17.9 Å². The summed E-state index contributed by atoms with van der Waals surface area (Å²) in [5.41, 5.74) is 9.20. The molecule has 0 amide bonds. The summed E-state index contributed by atoms with van der Waals surface area (Å²) in [7, 11) is 0. The molecule has 9 aromatic carbocycles. The standard InChI is InChI=1S/C50H34N2/c1-3-11-35(12-4-1)37-19-26-43(27-20-37)51(45-30-23-36-13-7-8-15-40(36)33-45)44-28-21-38(22-29-44)41-25-31-47-48-32-24-39-14-9-10-18-46(39)50(48)52(49(47)34-41)42-16-5-2-6-17-42/h1-34H/i1D,3D,4D,11D,12D. The Morgan fingerprint density at radius 2 is 0.962 bits per heavy atom. The molecule has 0 saturated heterocycles. The lowest BCUT2D eigenvalue weighted by atomic mass is 10.0. The molecule has 0 aliphatic heterocycles. The molecule has 0 spiro atoms. The molecular formula is C50H34N2. The molecule has 10 aromatic rings. The van der Waals surface area contributed by atoms with Crippen molar-refractivity contribution in [2.75, 3.05) is 4.90 Å². The molecule has 0 fully saturated rings. The summed E-state index contributed by atoms with van der Waals surface area (Å²) in [6, 6.07) is 59.7. The van der Waals surface area contributed by atoms with Crippen LogP contribution in [0, 0.1) is 0 Å². The Balaban J connectivity index is 1.09. The number of para-hydroxylation sites is 1. The third-order valence-corrected chi connectivity index (χ3v) is 10.0. The lowest BCUT2D eigenvalue weighted by molar-refractivity contribution is 1.19. The van der Waals surface area contributed by atoms with Crippen molar-refractivity contribution in [3.63, 3.8) is 0 Å². The van der Waals surface area contributed by atoms with Crippen molar-refractivity contribution in [1.29, 1.82) is 0 Å². The molecule has 0 radical (unpaired) electrons. The van der Waals surface area contributed by atoms with Crippen LogP contribution in [0.2, 0.25) is 0 Å². The molecule has 0 unspecified atom stereocenters. The van der Waals surface area contributed by atoms with Crippen molar-refractivity contribution in [2.45, 2.75) is 0 Å². The van der Waals surface area contributed by atoms with Gasteiger partial charge in [-0.2, -0.15) is 0 Å². The number of nitrogens with zero attached hydrogens (tertiary/aromatic N) is 2. The van der Waals surface area contributed by atoms with Crippen LogP contribution in [0.1, 0.15) is 6.85 Å². The first kappa shape index (κ1) is 25.1. The Labute approximate surface area is 310 Å². The van der Waals surface area contributed by atoms with E-state index in [9.17, 15) is 0 Å². The highest BCUT2D eigenvalue weighted by atomic mass is 15.1. The quantitative estimate of drug-likeness (QED) is 0.171. The number of hydrogen-bond acceptors (Lipinski definition) is 1.